The van der Waals surface area contributed by atoms with Crippen LogP contribution in [0.15, 0.2) is 33.6 Å². The third kappa shape index (κ3) is 8.26. The molecule has 0 fully saturated rings. The van der Waals surface area contributed by atoms with Crippen LogP contribution in [0.3, 0.4) is 0 Å². The molecule has 2 N–H and O–H groups in total. The highest BCUT2D eigenvalue weighted by atomic mass is 79.9. The van der Waals surface area contributed by atoms with Crippen molar-refractivity contribution >= 4 is 37.8 Å². The standard InChI is InChI=1S/C15H18BrF3N2O5S/c1-9(2)13(14(23)26-7-12(22)20-8-15(17,18)19)21-27(24,25)11-5-3-10(16)4-6-11/h3-6,9,13,21H,7-8H2,1-2H3,(H,20,22)/t13-/m0/s1. The molecule has 1 rings (SSSR count). The van der Waals surface area contributed by atoms with E-state index in [1.54, 1.807) is 19.2 Å². The van der Waals surface area contributed by atoms with Gasteiger partial charge in [-0.2, -0.15) is 17.9 Å². The first-order valence-corrected chi connectivity index (χ1v) is 9.87. The van der Waals surface area contributed by atoms with E-state index in [1.165, 1.54) is 24.3 Å². The predicted octanol–water partition coefficient (Wildman–Crippen LogP) is 1.97. The number of benzene rings is 1. The van der Waals surface area contributed by atoms with Crippen LogP contribution in [-0.4, -0.2) is 45.7 Å². The lowest BCUT2D eigenvalue weighted by Gasteiger charge is -2.20. The molecule has 1 amide bonds. The van der Waals surface area contributed by atoms with Gasteiger partial charge >= 0.3 is 12.1 Å². The number of halogens is 4. The minimum Gasteiger partial charge on any atom is -0.454 e. The highest BCUT2D eigenvalue weighted by molar-refractivity contribution is 9.10. The first-order valence-electron chi connectivity index (χ1n) is 7.60. The third-order valence-corrected chi connectivity index (χ3v) is 5.14. The smallest absolute Gasteiger partial charge is 0.405 e. The number of carbonyl (C=O) groups is 2. The molecule has 0 spiro atoms. The summed E-state index contributed by atoms with van der Waals surface area (Å²) in [4.78, 5) is 23.3. The number of ether oxygens (including phenoxy) is 1. The number of hydrogen-bond acceptors (Lipinski definition) is 5. The molecule has 0 saturated carbocycles. The second kappa shape index (κ2) is 9.51. The largest absolute Gasteiger partial charge is 0.454 e. The minimum atomic E-state index is -4.60. The van der Waals surface area contributed by atoms with Crippen LogP contribution in [0.4, 0.5) is 13.2 Å². The first-order chi connectivity index (χ1) is 12.3. The van der Waals surface area contributed by atoms with E-state index in [9.17, 15) is 31.2 Å². The van der Waals surface area contributed by atoms with Crippen molar-refractivity contribution in [2.75, 3.05) is 13.2 Å². The second-order valence-electron chi connectivity index (χ2n) is 5.80. The Morgan fingerprint density at radius 2 is 1.74 bits per heavy atom. The lowest BCUT2D eigenvalue weighted by molar-refractivity contribution is -0.153. The Bertz CT molecular complexity index is 767. The molecule has 1 atom stereocenters. The van der Waals surface area contributed by atoms with Gasteiger partial charge < -0.3 is 10.1 Å². The zero-order valence-corrected chi connectivity index (χ0v) is 16.7. The van der Waals surface area contributed by atoms with Gasteiger partial charge in [-0.25, -0.2) is 8.42 Å². The van der Waals surface area contributed by atoms with Crippen molar-refractivity contribution in [2.24, 2.45) is 5.92 Å². The lowest BCUT2D eigenvalue weighted by Crippen LogP contribution is -2.46. The Morgan fingerprint density at radius 1 is 1.19 bits per heavy atom. The van der Waals surface area contributed by atoms with E-state index in [2.05, 4.69) is 25.4 Å². The van der Waals surface area contributed by atoms with Gasteiger partial charge in [0.25, 0.3) is 5.91 Å². The van der Waals surface area contributed by atoms with Gasteiger partial charge in [0.05, 0.1) is 4.90 Å². The van der Waals surface area contributed by atoms with Gasteiger partial charge in [0.2, 0.25) is 10.0 Å². The predicted molar refractivity (Wildman–Crippen MR) is 93.1 cm³/mol. The van der Waals surface area contributed by atoms with Crippen molar-refractivity contribution in [2.45, 2.75) is 31.0 Å². The van der Waals surface area contributed by atoms with E-state index >= 15 is 0 Å². The average Bonchev–Trinajstić information content (AvgIpc) is 2.55. The number of amides is 1. The third-order valence-electron chi connectivity index (χ3n) is 3.16. The Balaban J connectivity index is 2.73. The minimum absolute atomic E-state index is 0.0907. The van der Waals surface area contributed by atoms with E-state index in [1.807, 2.05) is 0 Å². The highest BCUT2D eigenvalue weighted by Gasteiger charge is 2.31. The summed E-state index contributed by atoms with van der Waals surface area (Å²) in [6, 6.07) is 4.32. The number of carbonyl (C=O) groups excluding carboxylic acids is 2. The quantitative estimate of drug-likeness (QED) is 0.560. The van der Waals surface area contributed by atoms with E-state index in [-0.39, 0.29) is 4.90 Å². The SMILES string of the molecule is CC(C)[C@H](NS(=O)(=O)c1ccc(Br)cc1)C(=O)OCC(=O)NCC(F)(F)F. The van der Waals surface area contributed by atoms with Crippen LogP contribution in [0.5, 0.6) is 0 Å². The molecule has 0 aromatic heterocycles. The van der Waals surface area contributed by atoms with Gasteiger partial charge in [0.15, 0.2) is 6.61 Å². The van der Waals surface area contributed by atoms with Crippen LogP contribution >= 0.6 is 15.9 Å². The molecular formula is C15H18BrF3N2O5S. The number of sulfonamides is 1. The zero-order chi connectivity index (χ0) is 20.8. The van der Waals surface area contributed by atoms with Crippen molar-refractivity contribution in [1.29, 1.82) is 0 Å². The summed E-state index contributed by atoms with van der Waals surface area (Å²) in [5, 5.41) is 1.54. The van der Waals surface area contributed by atoms with Gasteiger partial charge in [-0.15, -0.1) is 0 Å². The summed E-state index contributed by atoms with van der Waals surface area (Å²) in [6.07, 6.45) is -4.60. The fourth-order valence-electron chi connectivity index (χ4n) is 1.78. The first kappa shape index (κ1) is 23.4. The van der Waals surface area contributed by atoms with Gasteiger partial charge in [-0.05, 0) is 30.2 Å². The lowest BCUT2D eigenvalue weighted by atomic mass is 10.1. The fraction of sp³-hybridized carbons (Fsp3) is 0.467. The maximum absolute atomic E-state index is 12.4. The summed E-state index contributed by atoms with van der Waals surface area (Å²) in [5.41, 5.74) is 0. The van der Waals surface area contributed by atoms with Crippen molar-refractivity contribution in [3.8, 4) is 0 Å². The van der Waals surface area contributed by atoms with Gasteiger partial charge in [0, 0.05) is 4.47 Å². The van der Waals surface area contributed by atoms with E-state index in [4.69, 9.17) is 0 Å². The van der Waals surface area contributed by atoms with Crippen LogP contribution < -0.4 is 10.0 Å². The molecule has 0 bridgehead atoms. The summed E-state index contributed by atoms with van der Waals surface area (Å²) < 4.78 is 68.3. The van der Waals surface area contributed by atoms with Crippen LogP contribution in [-0.2, 0) is 24.3 Å². The molecule has 12 heteroatoms. The molecule has 1 aromatic carbocycles. The van der Waals surface area contributed by atoms with E-state index in [0.29, 0.717) is 4.47 Å². The number of esters is 1. The topological polar surface area (TPSA) is 102 Å². The Hall–Kier alpha value is -1.66. The Labute approximate surface area is 162 Å². The van der Waals surface area contributed by atoms with Crippen molar-refractivity contribution in [3.05, 3.63) is 28.7 Å². The van der Waals surface area contributed by atoms with E-state index in [0.717, 1.165) is 0 Å². The molecule has 0 aliphatic rings. The van der Waals surface area contributed by atoms with Crippen molar-refractivity contribution in [3.63, 3.8) is 0 Å². The number of alkyl halides is 3. The summed E-state index contributed by atoms with van der Waals surface area (Å²) in [7, 11) is -4.06. The molecule has 27 heavy (non-hydrogen) atoms. The summed E-state index contributed by atoms with van der Waals surface area (Å²) >= 11 is 3.17. The summed E-state index contributed by atoms with van der Waals surface area (Å²) in [6.45, 7) is 0.560. The molecule has 0 saturated heterocycles. The van der Waals surface area contributed by atoms with Crippen molar-refractivity contribution < 1.29 is 35.9 Å². The Kier molecular flexibility index (Phi) is 8.23. The molecule has 0 heterocycles. The van der Waals surface area contributed by atoms with Gasteiger partial charge in [0.1, 0.15) is 12.6 Å². The maximum atomic E-state index is 12.4. The van der Waals surface area contributed by atoms with Crippen LogP contribution in [0.25, 0.3) is 0 Å². The number of hydrogen-bond donors (Lipinski definition) is 2. The molecule has 0 aliphatic heterocycles. The molecule has 7 nitrogen and oxygen atoms in total. The average molecular weight is 475 g/mol. The molecule has 1 aromatic rings. The van der Waals surface area contributed by atoms with Crippen LogP contribution in [0, 0.1) is 5.92 Å². The fourth-order valence-corrected chi connectivity index (χ4v) is 3.38. The number of rotatable bonds is 8. The molecule has 0 aliphatic carbocycles. The summed E-state index contributed by atoms with van der Waals surface area (Å²) in [5.74, 6) is -2.77. The van der Waals surface area contributed by atoms with Crippen molar-refractivity contribution in [1.82, 2.24) is 10.0 Å². The van der Waals surface area contributed by atoms with Crippen LogP contribution in [0.2, 0.25) is 0 Å². The zero-order valence-electron chi connectivity index (χ0n) is 14.3. The van der Waals surface area contributed by atoms with Gasteiger partial charge in [-0.1, -0.05) is 29.8 Å². The molecular weight excluding hydrogens is 457 g/mol. The van der Waals surface area contributed by atoms with Crippen LogP contribution in [0.1, 0.15) is 13.8 Å². The van der Waals surface area contributed by atoms with E-state index < -0.39 is 53.2 Å². The highest BCUT2D eigenvalue weighted by Crippen LogP contribution is 2.16. The Morgan fingerprint density at radius 3 is 2.22 bits per heavy atom. The molecule has 0 radical (unpaired) electrons. The second-order valence-corrected chi connectivity index (χ2v) is 8.43. The monoisotopic (exact) mass is 474 g/mol. The molecule has 152 valence electrons. The van der Waals surface area contributed by atoms with Gasteiger partial charge in [-0.3, -0.25) is 9.59 Å². The maximum Gasteiger partial charge on any atom is 0.405 e. The number of nitrogens with one attached hydrogen (secondary N) is 2. The normalized spacial score (nSPS) is 13.3. The molecule has 0 unspecified atom stereocenters.